The first kappa shape index (κ1) is 12.7. The zero-order chi connectivity index (χ0) is 13.1. The molecule has 0 heterocycles. The molecule has 1 unspecified atom stereocenters. The fourth-order valence-electron chi connectivity index (χ4n) is 2.04. The molecule has 0 saturated heterocycles. The number of nitrogens with zero attached hydrogens (tertiary/aromatic N) is 1. The second kappa shape index (κ2) is 5.25. The quantitative estimate of drug-likeness (QED) is 0.622. The Bertz CT molecular complexity index is 444. The molecule has 1 aliphatic carbocycles. The molecule has 0 amide bonds. The Morgan fingerprint density at radius 1 is 1.56 bits per heavy atom. The molecule has 1 aromatic carbocycles. The minimum atomic E-state index is -0.382. The monoisotopic (exact) mass is 250 g/mol. The van der Waals surface area contributed by atoms with Crippen LogP contribution in [0.1, 0.15) is 19.8 Å². The zero-order valence-corrected chi connectivity index (χ0v) is 10.7. The predicted molar refractivity (Wildman–Crippen MR) is 70.0 cm³/mol. The number of hydrogen-bond acceptors (Lipinski definition) is 4. The summed E-state index contributed by atoms with van der Waals surface area (Å²) in [6, 6.07) is 4.89. The summed E-state index contributed by atoms with van der Waals surface area (Å²) in [5.74, 6) is 1.85. The van der Waals surface area contributed by atoms with Crippen molar-refractivity contribution in [3.8, 4) is 5.75 Å². The van der Waals surface area contributed by atoms with Crippen molar-refractivity contribution in [3.63, 3.8) is 0 Å². The van der Waals surface area contributed by atoms with E-state index < -0.39 is 0 Å². The second-order valence-electron chi connectivity index (χ2n) is 4.84. The van der Waals surface area contributed by atoms with Crippen LogP contribution in [-0.4, -0.2) is 18.6 Å². The predicted octanol–water partition coefficient (Wildman–Crippen LogP) is 3.06. The molecule has 1 aliphatic rings. The highest BCUT2D eigenvalue weighted by Gasteiger charge is 2.28. The smallest absolute Gasteiger partial charge is 0.296 e. The first-order chi connectivity index (χ1) is 8.61. The van der Waals surface area contributed by atoms with Gasteiger partial charge < -0.3 is 10.1 Å². The Morgan fingerprint density at radius 2 is 2.28 bits per heavy atom. The van der Waals surface area contributed by atoms with E-state index >= 15 is 0 Å². The van der Waals surface area contributed by atoms with Crippen molar-refractivity contribution in [1.29, 1.82) is 0 Å². The summed E-state index contributed by atoms with van der Waals surface area (Å²) >= 11 is 0. The van der Waals surface area contributed by atoms with E-state index in [0.29, 0.717) is 17.4 Å². The third kappa shape index (κ3) is 2.91. The molecular weight excluding hydrogens is 232 g/mol. The van der Waals surface area contributed by atoms with Gasteiger partial charge in [0.25, 0.3) is 5.69 Å². The van der Waals surface area contributed by atoms with Crippen LogP contribution in [0.2, 0.25) is 0 Å². The molecule has 5 heteroatoms. The van der Waals surface area contributed by atoms with Crippen LogP contribution in [-0.2, 0) is 0 Å². The summed E-state index contributed by atoms with van der Waals surface area (Å²) in [5, 5.41) is 14.2. The molecule has 18 heavy (non-hydrogen) atoms. The van der Waals surface area contributed by atoms with Gasteiger partial charge in [0, 0.05) is 6.54 Å². The van der Waals surface area contributed by atoms with Crippen molar-refractivity contribution in [2.24, 2.45) is 11.8 Å². The molecule has 98 valence electrons. The van der Waals surface area contributed by atoms with Crippen molar-refractivity contribution in [2.75, 3.05) is 19.0 Å². The number of ether oxygens (including phenoxy) is 1. The molecule has 1 N–H and O–H groups in total. The number of nitro groups is 1. The maximum atomic E-state index is 11.0. The van der Waals surface area contributed by atoms with Crippen molar-refractivity contribution in [3.05, 3.63) is 28.3 Å². The lowest BCUT2D eigenvalue weighted by Crippen LogP contribution is -2.13. The Kier molecular flexibility index (Phi) is 3.69. The van der Waals surface area contributed by atoms with Gasteiger partial charge in [-0.3, -0.25) is 10.1 Å². The lowest BCUT2D eigenvalue weighted by Gasteiger charge is -2.13. The molecule has 1 fully saturated rings. The summed E-state index contributed by atoms with van der Waals surface area (Å²) < 4.78 is 5.00. The van der Waals surface area contributed by atoms with E-state index in [1.807, 2.05) is 0 Å². The van der Waals surface area contributed by atoms with E-state index in [2.05, 4.69) is 12.2 Å². The highest BCUT2D eigenvalue weighted by molar-refractivity contribution is 5.63. The number of rotatable bonds is 6. The van der Waals surface area contributed by atoms with Gasteiger partial charge in [-0.15, -0.1) is 0 Å². The molecule has 0 radical (unpaired) electrons. The molecular formula is C13H18N2O3. The van der Waals surface area contributed by atoms with Crippen LogP contribution < -0.4 is 10.1 Å². The summed E-state index contributed by atoms with van der Waals surface area (Å²) in [6.07, 6.45) is 2.57. The van der Waals surface area contributed by atoms with Crippen molar-refractivity contribution >= 4 is 11.4 Å². The average molecular weight is 250 g/mol. The highest BCUT2D eigenvalue weighted by atomic mass is 16.6. The molecule has 2 rings (SSSR count). The molecule has 0 aliphatic heterocycles. The van der Waals surface area contributed by atoms with E-state index in [1.165, 1.54) is 26.0 Å². The normalized spacial score (nSPS) is 16.1. The maximum Gasteiger partial charge on any atom is 0.296 e. The molecule has 1 saturated carbocycles. The first-order valence-electron chi connectivity index (χ1n) is 6.18. The molecule has 0 spiro atoms. The minimum absolute atomic E-state index is 0.0670. The van der Waals surface area contributed by atoms with Crippen molar-refractivity contribution in [1.82, 2.24) is 0 Å². The number of anilines is 1. The van der Waals surface area contributed by atoms with Gasteiger partial charge in [0.1, 0.15) is 11.4 Å². The van der Waals surface area contributed by atoms with Gasteiger partial charge in [-0.2, -0.15) is 0 Å². The van der Waals surface area contributed by atoms with E-state index in [1.54, 1.807) is 12.1 Å². The van der Waals surface area contributed by atoms with Crippen molar-refractivity contribution in [2.45, 2.75) is 19.8 Å². The Balaban J connectivity index is 2.08. The van der Waals surface area contributed by atoms with Gasteiger partial charge >= 0.3 is 0 Å². The third-order valence-electron chi connectivity index (χ3n) is 3.44. The molecule has 0 bridgehead atoms. The molecule has 0 aromatic heterocycles. The zero-order valence-electron chi connectivity index (χ0n) is 10.7. The van der Waals surface area contributed by atoms with Crippen LogP contribution in [0.25, 0.3) is 0 Å². The Morgan fingerprint density at radius 3 is 2.83 bits per heavy atom. The van der Waals surface area contributed by atoms with Crippen LogP contribution >= 0.6 is 0 Å². The number of benzene rings is 1. The second-order valence-corrected chi connectivity index (χ2v) is 4.84. The highest BCUT2D eigenvalue weighted by Crippen LogP contribution is 2.37. The Labute approximate surface area is 106 Å². The van der Waals surface area contributed by atoms with Crippen LogP contribution in [0.3, 0.4) is 0 Å². The first-order valence-corrected chi connectivity index (χ1v) is 6.18. The number of methoxy groups -OCH3 is 1. The van der Waals surface area contributed by atoms with Gasteiger partial charge in [-0.05, 0) is 36.8 Å². The topological polar surface area (TPSA) is 64.4 Å². The summed E-state index contributed by atoms with van der Waals surface area (Å²) in [4.78, 5) is 10.6. The molecule has 5 nitrogen and oxygen atoms in total. The van der Waals surface area contributed by atoms with Crippen LogP contribution in [0, 0.1) is 22.0 Å². The third-order valence-corrected chi connectivity index (χ3v) is 3.44. The lowest BCUT2D eigenvalue weighted by molar-refractivity contribution is -0.384. The SMILES string of the molecule is COc1ccc(NCC(C)C2CC2)c([N+](=O)[O-])c1. The van der Waals surface area contributed by atoms with Gasteiger partial charge in [0.05, 0.1) is 18.1 Å². The molecule has 1 aromatic rings. The fourth-order valence-corrected chi connectivity index (χ4v) is 2.04. The lowest BCUT2D eigenvalue weighted by atomic mass is 10.1. The summed E-state index contributed by atoms with van der Waals surface area (Å²) in [6.45, 7) is 2.96. The van der Waals surface area contributed by atoms with E-state index in [0.717, 1.165) is 12.5 Å². The number of nitro benzene ring substituents is 1. The minimum Gasteiger partial charge on any atom is -0.496 e. The van der Waals surface area contributed by atoms with E-state index in [9.17, 15) is 10.1 Å². The average Bonchev–Trinajstić information content (AvgIpc) is 3.19. The van der Waals surface area contributed by atoms with Crippen LogP contribution in [0.5, 0.6) is 5.75 Å². The fraction of sp³-hybridized carbons (Fsp3) is 0.538. The van der Waals surface area contributed by atoms with Gasteiger partial charge in [0.15, 0.2) is 0 Å². The standard InChI is InChI=1S/C13H18N2O3/c1-9(10-3-4-10)8-14-12-6-5-11(18-2)7-13(12)15(16)17/h5-7,9-10,14H,3-4,8H2,1-2H3. The summed E-state index contributed by atoms with van der Waals surface area (Å²) in [7, 11) is 1.50. The van der Waals surface area contributed by atoms with Gasteiger partial charge in [0.2, 0.25) is 0 Å². The summed E-state index contributed by atoms with van der Waals surface area (Å²) in [5.41, 5.74) is 0.630. The number of nitrogens with one attached hydrogen (secondary N) is 1. The van der Waals surface area contributed by atoms with Crippen LogP contribution in [0.15, 0.2) is 18.2 Å². The number of hydrogen-bond donors (Lipinski definition) is 1. The Hall–Kier alpha value is -1.78. The van der Waals surface area contributed by atoms with E-state index in [-0.39, 0.29) is 10.6 Å². The molecule has 1 atom stereocenters. The largest absolute Gasteiger partial charge is 0.496 e. The maximum absolute atomic E-state index is 11.0. The van der Waals surface area contributed by atoms with Gasteiger partial charge in [-0.25, -0.2) is 0 Å². The van der Waals surface area contributed by atoms with Gasteiger partial charge in [-0.1, -0.05) is 6.92 Å². The van der Waals surface area contributed by atoms with E-state index in [4.69, 9.17) is 4.74 Å². The van der Waals surface area contributed by atoms with Crippen molar-refractivity contribution < 1.29 is 9.66 Å². The van der Waals surface area contributed by atoms with Crippen LogP contribution in [0.4, 0.5) is 11.4 Å².